The third-order valence-corrected chi connectivity index (χ3v) is 8.19. The van der Waals surface area contributed by atoms with Crippen molar-refractivity contribution in [3.05, 3.63) is 144 Å². The first-order chi connectivity index (χ1) is 26.9. The molecule has 23 heteroatoms. The van der Waals surface area contributed by atoms with E-state index in [0.29, 0.717) is 21.1 Å². The van der Waals surface area contributed by atoms with Crippen molar-refractivity contribution in [3.8, 4) is 0 Å². The summed E-state index contributed by atoms with van der Waals surface area (Å²) in [6.45, 7) is 0.510. The number of hydrogen-bond donors (Lipinski definition) is 2. The molecule has 6 aromatic heterocycles. The van der Waals surface area contributed by atoms with Gasteiger partial charge in [-0.1, -0.05) is 14.4 Å². The number of aromatic nitrogens is 9. The molecule has 11 nitrogen and oxygen atoms in total. The van der Waals surface area contributed by atoms with Crippen LogP contribution in [0.2, 0.25) is 0 Å². The second-order valence-corrected chi connectivity index (χ2v) is 12.9. The van der Waals surface area contributed by atoms with Crippen LogP contribution >= 0.6 is 0 Å². The predicted octanol–water partition coefficient (Wildman–Crippen LogP) is 8.10. The zero-order chi connectivity index (χ0) is 43.1. The average Bonchev–Trinajstić information content (AvgIpc) is 3.85. The van der Waals surface area contributed by atoms with Gasteiger partial charge in [-0.3, -0.25) is 29.0 Å². The molecule has 0 radical (unpaired) electrons. The van der Waals surface area contributed by atoms with E-state index in [2.05, 4.69) is 30.2 Å². The molecule has 6 heterocycles. The molecule has 0 aliphatic rings. The topological polar surface area (TPSA) is 133 Å². The summed E-state index contributed by atoms with van der Waals surface area (Å²) >= 11 is 0. The molecule has 0 aromatic carbocycles. The first-order valence-electron chi connectivity index (χ1n) is 16.7. The van der Waals surface area contributed by atoms with E-state index in [1.165, 1.54) is 75.4 Å². The number of alkyl halides is 9. The summed E-state index contributed by atoms with van der Waals surface area (Å²) in [5.41, 5.74) is -2.08. The Bertz CT molecular complexity index is 2190. The van der Waals surface area contributed by atoms with Gasteiger partial charge in [-0.05, 0) is 73.0 Å². The Kier molecular flexibility index (Phi) is 17.3. The third-order valence-electron chi connectivity index (χ3n) is 8.19. The molecule has 6 rings (SSSR count). The smallest absolute Gasteiger partial charge is 0.379 e. The summed E-state index contributed by atoms with van der Waals surface area (Å²) in [4.78, 5) is 11.4. The molecule has 0 bridgehead atoms. The van der Waals surface area contributed by atoms with E-state index in [0.717, 1.165) is 16.4 Å². The molecule has 3 unspecified atom stereocenters. The number of aliphatic hydroxyl groups is 2. The monoisotopic (exact) mass is 913 g/mol. The van der Waals surface area contributed by atoms with Gasteiger partial charge < -0.3 is 10.2 Å². The summed E-state index contributed by atoms with van der Waals surface area (Å²) in [7, 11) is 0. The Morgan fingerprint density at radius 1 is 0.567 bits per heavy atom. The van der Waals surface area contributed by atoms with Crippen molar-refractivity contribution in [2.75, 3.05) is 0 Å². The summed E-state index contributed by atoms with van der Waals surface area (Å²) in [5, 5.41) is 31.6. The van der Waals surface area contributed by atoms with Crippen molar-refractivity contribution in [2.24, 2.45) is 0 Å². The van der Waals surface area contributed by atoms with Crippen LogP contribution in [0.1, 0.15) is 67.9 Å². The molecule has 0 spiro atoms. The minimum absolute atomic E-state index is 0. The van der Waals surface area contributed by atoms with Crippen LogP contribution in [-0.4, -0.2) is 73.0 Å². The molecule has 0 amide bonds. The summed E-state index contributed by atoms with van der Waals surface area (Å²) < 4.78 is 139. The first-order valence-corrected chi connectivity index (χ1v) is 16.7. The van der Waals surface area contributed by atoms with Crippen LogP contribution in [-0.2, 0) is 50.3 Å². The minimum atomic E-state index is -4.52. The third kappa shape index (κ3) is 14.5. The fraction of sp³-hybridized carbons (Fsp3) is 0.351. The molecule has 6 aromatic rings. The van der Waals surface area contributed by atoms with Crippen molar-refractivity contribution in [3.63, 3.8) is 0 Å². The van der Waals surface area contributed by atoms with Gasteiger partial charge in [0.25, 0.3) is 0 Å². The molecule has 322 valence electrons. The van der Waals surface area contributed by atoms with Crippen LogP contribution in [0, 0.1) is 11.6 Å². The van der Waals surface area contributed by atoms with Gasteiger partial charge in [-0.25, -0.2) is 8.78 Å². The Morgan fingerprint density at radius 3 is 1.43 bits per heavy atom. The predicted molar refractivity (Wildman–Crippen MR) is 189 cm³/mol. The Hall–Kier alpha value is -5.15. The maximum atomic E-state index is 13.7. The van der Waals surface area contributed by atoms with Crippen LogP contribution in [0.25, 0.3) is 0 Å². The van der Waals surface area contributed by atoms with Crippen LogP contribution in [0.4, 0.5) is 48.3 Å². The quantitative estimate of drug-likeness (QED) is 0.110. The van der Waals surface area contributed by atoms with E-state index in [9.17, 15) is 58.5 Å². The molecular formula is C37H38F11N9O2Zn. The van der Waals surface area contributed by atoms with E-state index in [-0.39, 0.29) is 43.9 Å². The number of nitrogens with zero attached hydrogens (tertiary/aromatic N) is 9. The Balaban J connectivity index is 0.000000305. The molecule has 60 heavy (non-hydrogen) atoms. The zero-order valence-corrected chi connectivity index (χ0v) is 34.2. The molecule has 0 saturated heterocycles. The molecule has 0 fully saturated rings. The Labute approximate surface area is 348 Å². The van der Waals surface area contributed by atoms with Crippen molar-refractivity contribution in [1.82, 2.24) is 44.3 Å². The van der Waals surface area contributed by atoms with Crippen LogP contribution in [0.5, 0.6) is 0 Å². The fourth-order valence-corrected chi connectivity index (χ4v) is 5.30. The van der Waals surface area contributed by atoms with Crippen molar-refractivity contribution >= 4 is 0 Å². The number of rotatable bonds is 9. The van der Waals surface area contributed by atoms with Gasteiger partial charge in [-0.15, -0.1) is 0 Å². The molecule has 2 N–H and O–H groups in total. The standard InChI is InChI=1S/C12H11F4N3O.C12H11F4N3.C12H12F3N3O.CH4.Zn/c1-11(20,8-2-4-17-5-3-8)10-9(13)6-19(18-10)7-12(14,15)16;1-8(9-2-4-17-5-3-9)11-10(13)6-19(18-11)7-12(14,15)16;1-11(19,9-2-5-16-6-3-9)10-4-7-18(17-10)8-12(13,14)15;;/h2-6,20H,7H2,1H3;2-6,8H,7H2,1H3;2-7,19H,8H2,1H3;1H4;. The molecule has 3 atom stereocenters. The molecule has 0 saturated carbocycles. The van der Waals surface area contributed by atoms with Crippen molar-refractivity contribution in [2.45, 2.75) is 83.5 Å². The summed E-state index contributed by atoms with van der Waals surface area (Å²) in [6, 6.07) is 10.8. The fourth-order valence-electron chi connectivity index (χ4n) is 5.30. The maximum Gasteiger partial charge on any atom is 0.408 e. The second kappa shape index (κ2) is 20.4. The van der Waals surface area contributed by atoms with E-state index in [4.69, 9.17) is 0 Å². The van der Waals surface area contributed by atoms with Crippen molar-refractivity contribution in [1.29, 1.82) is 0 Å². The first kappa shape index (κ1) is 51.0. The van der Waals surface area contributed by atoms with Crippen LogP contribution < -0.4 is 0 Å². The van der Waals surface area contributed by atoms with E-state index >= 15 is 0 Å². The number of pyridine rings is 3. The van der Waals surface area contributed by atoms with Gasteiger partial charge in [0.1, 0.15) is 42.2 Å². The summed E-state index contributed by atoms with van der Waals surface area (Å²) in [5.74, 6) is -2.18. The van der Waals surface area contributed by atoms with Gasteiger partial charge in [-0.2, -0.15) is 54.8 Å². The van der Waals surface area contributed by atoms with Gasteiger partial charge >= 0.3 is 18.5 Å². The maximum absolute atomic E-state index is 13.7. The average molecular weight is 915 g/mol. The van der Waals surface area contributed by atoms with Crippen LogP contribution in [0.3, 0.4) is 0 Å². The SMILES string of the molecule is C.CC(O)(c1ccncc1)c1ccn(CC(F)(F)F)n1.CC(O)(c1ccncc1)c1nn(CC(F)(F)F)cc1F.CC(c1ccncc1)c1nn(CC(F)(F)F)cc1F.[Zn]. The van der Waals surface area contributed by atoms with E-state index < -0.39 is 72.6 Å². The number of hydrogen-bond acceptors (Lipinski definition) is 8. The number of halogens is 11. The van der Waals surface area contributed by atoms with Gasteiger partial charge in [0.05, 0.1) is 18.1 Å². The minimum Gasteiger partial charge on any atom is -0.379 e. The largest absolute Gasteiger partial charge is 0.408 e. The van der Waals surface area contributed by atoms with Gasteiger partial charge in [0.2, 0.25) is 0 Å². The second-order valence-electron chi connectivity index (χ2n) is 12.9. The Morgan fingerprint density at radius 2 is 0.967 bits per heavy atom. The van der Waals surface area contributed by atoms with E-state index in [1.807, 2.05) is 0 Å². The van der Waals surface area contributed by atoms with Gasteiger partial charge in [0.15, 0.2) is 11.6 Å². The van der Waals surface area contributed by atoms with E-state index in [1.54, 1.807) is 31.2 Å². The normalized spacial score (nSPS) is 14.1. The van der Waals surface area contributed by atoms with Crippen LogP contribution in [0.15, 0.2) is 98.2 Å². The van der Waals surface area contributed by atoms with Gasteiger partial charge in [0, 0.05) is 68.8 Å². The molecular weight excluding hydrogens is 877 g/mol. The van der Waals surface area contributed by atoms with Crippen molar-refractivity contribution < 1.29 is 78.0 Å². The molecule has 0 aliphatic carbocycles. The molecule has 0 aliphatic heterocycles. The zero-order valence-electron chi connectivity index (χ0n) is 31.2. The summed E-state index contributed by atoms with van der Waals surface area (Å²) in [6.07, 6.45) is -1.88.